The summed E-state index contributed by atoms with van der Waals surface area (Å²) >= 11 is 0. The van der Waals surface area contributed by atoms with Gasteiger partial charge in [-0.05, 0) is 36.6 Å². The number of aliphatic carboxylic acids is 1. The summed E-state index contributed by atoms with van der Waals surface area (Å²) in [4.78, 5) is 11.2. The highest BCUT2D eigenvalue weighted by atomic mass is 16.5. The number of benzene rings is 1. The lowest BCUT2D eigenvalue weighted by atomic mass is 9.91. The number of methoxy groups -OCH3 is 2. The van der Waals surface area contributed by atoms with Crippen molar-refractivity contribution in [3.05, 3.63) is 22.8 Å². The molecule has 1 aromatic carbocycles. The average molecular weight is 253 g/mol. The molecule has 0 saturated heterocycles. The summed E-state index contributed by atoms with van der Waals surface area (Å²) < 4.78 is 10.5. The van der Waals surface area contributed by atoms with Gasteiger partial charge in [-0.2, -0.15) is 0 Å². The summed E-state index contributed by atoms with van der Waals surface area (Å²) in [6.45, 7) is 3.78. The molecule has 0 aliphatic carbocycles. The third-order valence-electron chi connectivity index (χ3n) is 3.18. The van der Waals surface area contributed by atoms with Crippen molar-refractivity contribution in [2.75, 3.05) is 20.8 Å². The number of carboxylic acid groups (broad SMARTS) is 1. The fraction of sp³-hybridized carbons (Fsp3) is 0.462. The van der Waals surface area contributed by atoms with E-state index in [1.54, 1.807) is 13.2 Å². The first-order chi connectivity index (χ1) is 8.47. The van der Waals surface area contributed by atoms with Crippen molar-refractivity contribution in [1.82, 2.24) is 0 Å². The number of carboxylic acids is 1. The van der Waals surface area contributed by atoms with Crippen LogP contribution in [0.2, 0.25) is 0 Å². The molecule has 100 valence electrons. The Bertz CT molecular complexity index is 457. The lowest BCUT2D eigenvalue weighted by Gasteiger charge is -2.19. The molecule has 0 aliphatic rings. The fourth-order valence-electron chi connectivity index (χ4n) is 2.01. The molecule has 0 spiro atoms. The minimum absolute atomic E-state index is 0.0467. The monoisotopic (exact) mass is 253 g/mol. The Balaban J connectivity index is 3.46. The van der Waals surface area contributed by atoms with Crippen LogP contribution in [-0.4, -0.2) is 31.8 Å². The molecule has 0 aliphatic heterocycles. The zero-order valence-corrected chi connectivity index (χ0v) is 11.1. The van der Waals surface area contributed by atoms with Crippen molar-refractivity contribution < 1.29 is 19.4 Å². The van der Waals surface area contributed by atoms with Crippen LogP contribution < -0.4 is 15.2 Å². The first-order valence-electron chi connectivity index (χ1n) is 5.62. The van der Waals surface area contributed by atoms with Crippen LogP contribution in [0.25, 0.3) is 0 Å². The Morgan fingerprint density at radius 1 is 1.33 bits per heavy atom. The summed E-state index contributed by atoms with van der Waals surface area (Å²) in [6.07, 6.45) is 0. The lowest BCUT2D eigenvalue weighted by Crippen LogP contribution is -2.22. The maximum absolute atomic E-state index is 11.2. The molecule has 18 heavy (non-hydrogen) atoms. The van der Waals surface area contributed by atoms with Gasteiger partial charge in [0.25, 0.3) is 0 Å². The molecule has 0 bridgehead atoms. The van der Waals surface area contributed by atoms with Gasteiger partial charge in [0, 0.05) is 6.54 Å². The van der Waals surface area contributed by atoms with Crippen molar-refractivity contribution in [2.24, 2.45) is 5.73 Å². The van der Waals surface area contributed by atoms with E-state index in [1.807, 2.05) is 13.8 Å². The van der Waals surface area contributed by atoms with Gasteiger partial charge in [0.05, 0.1) is 20.1 Å². The van der Waals surface area contributed by atoms with Crippen LogP contribution in [0.4, 0.5) is 0 Å². The molecule has 5 nitrogen and oxygen atoms in total. The second kappa shape index (κ2) is 5.73. The molecule has 0 heterocycles. The summed E-state index contributed by atoms with van der Waals surface area (Å²) in [5.41, 5.74) is 7.93. The molecule has 0 amide bonds. The van der Waals surface area contributed by atoms with Gasteiger partial charge >= 0.3 is 5.97 Å². The van der Waals surface area contributed by atoms with E-state index in [-0.39, 0.29) is 6.54 Å². The van der Waals surface area contributed by atoms with E-state index < -0.39 is 11.9 Å². The largest absolute Gasteiger partial charge is 0.493 e. The minimum Gasteiger partial charge on any atom is -0.493 e. The number of carbonyl (C=O) groups is 1. The van der Waals surface area contributed by atoms with Crippen molar-refractivity contribution >= 4 is 5.97 Å². The minimum atomic E-state index is -0.938. The van der Waals surface area contributed by atoms with Crippen LogP contribution in [-0.2, 0) is 4.79 Å². The van der Waals surface area contributed by atoms with E-state index in [1.165, 1.54) is 7.11 Å². The quantitative estimate of drug-likeness (QED) is 0.830. The standard InChI is InChI=1S/C13H19NO4/c1-7-8(2)12(18-4)11(17-3)5-9(7)10(6-14)13(15)16/h5,10H,6,14H2,1-4H3,(H,15,16). The Morgan fingerprint density at radius 3 is 2.33 bits per heavy atom. The van der Waals surface area contributed by atoms with E-state index >= 15 is 0 Å². The molecular weight excluding hydrogens is 234 g/mol. The third-order valence-corrected chi connectivity index (χ3v) is 3.18. The number of hydrogen-bond donors (Lipinski definition) is 2. The summed E-state index contributed by atoms with van der Waals surface area (Å²) in [5, 5.41) is 9.18. The smallest absolute Gasteiger partial charge is 0.312 e. The van der Waals surface area contributed by atoms with E-state index in [4.69, 9.17) is 15.2 Å². The van der Waals surface area contributed by atoms with Crippen molar-refractivity contribution in [3.63, 3.8) is 0 Å². The molecule has 1 aromatic rings. The van der Waals surface area contributed by atoms with Gasteiger partial charge in [-0.3, -0.25) is 4.79 Å². The van der Waals surface area contributed by atoms with Gasteiger partial charge in [-0.1, -0.05) is 0 Å². The van der Waals surface area contributed by atoms with Gasteiger partial charge in [-0.25, -0.2) is 0 Å². The molecule has 0 radical (unpaired) electrons. The highest BCUT2D eigenvalue weighted by molar-refractivity contribution is 5.78. The highest BCUT2D eigenvalue weighted by Gasteiger charge is 2.24. The number of nitrogens with two attached hydrogens (primary N) is 1. The molecule has 0 saturated carbocycles. The van der Waals surface area contributed by atoms with Crippen LogP contribution >= 0.6 is 0 Å². The normalized spacial score (nSPS) is 12.1. The van der Waals surface area contributed by atoms with Crippen LogP contribution in [0.5, 0.6) is 11.5 Å². The second-order valence-corrected chi connectivity index (χ2v) is 4.08. The Kier molecular flexibility index (Phi) is 4.55. The van der Waals surface area contributed by atoms with E-state index in [0.717, 1.165) is 11.1 Å². The zero-order valence-electron chi connectivity index (χ0n) is 11.1. The Hall–Kier alpha value is -1.75. The van der Waals surface area contributed by atoms with Crippen LogP contribution in [0.1, 0.15) is 22.6 Å². The third kappa shape index (κ3) is 2.41. The predicted octanol–water partition coefficient (Wildman–Crippen LogP) is 1.45. The molecule has 1 rings (SSSR count). The SMILES string of the molecule is COc1cc(C(CN)C(=O)O)c(C)c(C)c1OC. The highest BCUT2D eigenvalue weighted by Crippen LogP contribution is 2.37. The molecule has 1 unspecified atom stereocenters. The van der Waals surface area contributed by atoms with Gasteiger partial charge in [0.15, 0.2) is 11.5 Å². The summed E-state index contributed by atoms with van der Waals surface area (Å²) in [5.74, 6) is -0.522. The van der Waals surface area contributed by atoms with Gasteiger partial charge in [-0.15, -0.1) is 0 Å². The second-order valence-electron chi connectivity index (χ2n) is 4.08. The van der Waals surface area contributed by atoms with E-state index in [2.05, 4.69) is 0 Å². The van der Waals surface area contributed by atoms with Crippen LogP contribution in [0.15, 0.2) is 6.07 Å². The van der Waals surface area contributed by atoms with Gasteiger partial charge in [0.2, 0.25) is 0 Å². The van der Waals surface area contributed by atoms with Gasteiger partial charge in [0.1, 0.15) is 0 Å². The van der Waals surface area contributed by atoms with Crippen molar-refractivity contribution in [1.29, 1.82) is 0 Å². The van der Waals surface area contributed by atoms with Gasteiger partial charge < -0.3 is 20.3 Å². The summed E-state index contributed by atoms with van der Waals surface area (Å²) in [7, 11) is 3.08. The number of ether oxygens (including phenoxy) is 2. The van der Waals surface area contributed by atoms with E-state index in [0.29, 0.717) is 17.1 Å². The first kappa shape index (κ1) is 14.3. The molecule has 1 atom stereocenters. The zero-order chi connectivity index (χ0) is 13.9. The molecular formula is C13H19NO4. The predicted molar refractivity (Wildman–Crippen MR) is 68.5 cm³/mol. The maximum atomic E-state index is 11.2. The fourth-order valence-corrected chi connectivity index (χ4v) is 2.01. The van der Waals surface area contributed by atoms with E-state index in [9.17, 15) is 9.90 Å². The number of rotatable bonds is 5. The Labute approximate surface area is 107 Å². The average Bonchev–Trinajstić information content (AvgIpc) is 2.34. The maximum Gasteiger partial charge on any atom is 0.312 e. The number of hydrogen-bond acceptors (Lipinski definition) is 4. The molecule has 5 heteroatoms. The summed E-state index contributed by atoms with van der Waals surface area (Å²) in [6, 6.07) is 1.69. The topological polar surface area (TPSA) is 81.8 Å². The first-order valence-corrected chi connectivity index (χ1v) is 5.62. The molecule has 0 aromatic heterocycles. The van der Waals surface area contributed by atoms with Crippen LogP contribution in [0, 0.1) is 13.8 Å². The lowest BCUT2D eigenvalue weighted by molar-refractivity contribution is -0.138. The van der Waals surface area contributed by atoms with Crippen molar-refractivity contribution in [2.45, 2.75) is 19.8 Å². The Morgan fingerprint density at radius 2 is 1.94 bits per heavy atom. The van der Waals surface area contributed by atoms with Crippen molar-refractivity contribution in [3.8, 4) is 11.5 Å². The molecule has 0 fully saturated rings. The van der Waals surface area contributed by atoms with Crippen LogP contribution in [0.3, 0.4) is 0 Å². The molecule has 3 N–H and O–H groups in total.